The van der Waals surface area contributed by atoms with E-state index in [1.165, 1.54) is 4.90 Å². The summed E-state index contributed by atoms with van der Waals surface area (Å²) in [5.74, 6) is -0.0485. The minimum absolute atomic E-state index is 0.0485. The van der Waals surface area contributed by atoms with Gasteiger partial charge < -0.3 is 20.7 Å². The molecule has 0 fully saturated rings. The van der Waals surface area contributed by atoms with Crippen molar-refractivity contribution in [3.05, 3.63) is 23.8 Å². The van der Waals surface area contributed by atoms with Gasteiger partial charge in [0.05, 0.1) is 23.5 Å². The highest BCUT2D eigenvalue weighted by Gasteiger charge is 2.19. The van der Waals surface area contributed by atoms with Gasteiger partial charge >= 0.3 is 0 Å². The van der Waals surface area contributed by atoms with Gasteiger partial charge in [0.25, 0.3) is 5.91 Å². The Labute approximate surface area is 114 Å². The molecule has 106 valence electrons. The molecule has 0 aliphatic carbocycles. The van der Waals surface area contributed by atoms with Crippen LogP contribution in [0.1, 0.15) is 24.2 Å². The smallest absolute Gasteiger partial charge is 0.253 e. The Morgan fingerprint density at radius 1 is 1.42 bits per heavy atom. The number of nitrogen functional groups attached to an aromatic ring is 1. The average molecular weight is 265 g/mol. The van der Waals surface area contributed by atoms with E-state index in [1.807, 2.05) is 13.8 Å². The second-order valence-electron chi connectivity index (χ2n) is 5.44. The van der Waals surface area contributed by atoms with Gasteiger partial charge in [-0.25, -0.2) is 0 Å². The lowest BCUT2D eigenvalue weighted by Crippen LogP contribution is -2.36. The number of amides is 1. The summed E-state index contributed by atoms with van der Waals surface area (Å²) >= 11 is 0. The van der Waals surface area contributed by atoms with Crippen molar-refractivity contribution < 1.29 is 9.53 Å². The van der Waals surface area contributed by atoms with Gasteiger partial charge in [0.15, 0.2) is 0 Å². The molecule has 0 atom stereocenters. The lowest BCUT2D eigenvalue weighted by Gasteiger charge is -2.27. The summed E-state index contributed by atoms with van der Waals surface area (Å²) in [7, 11) is 5.10. The molecule has 3 N–H and O–H groups in total. The minimum Gasteiger partial charge on any atom is -0.397 e. The molecule has 0 aromatic heterocycles. The van der Waals surface area contributed by atoms with E-state index in [0.29, 0.717) is 17.9 Å². The summed E-state index contributed by atoms with van der Waals surface area (Å²) in [5, 5.41) is 3.30. The lowest BCUT2D eigenvalue weighted by atomic mass is 10.0. The van der Waals surface area contributed by atoms with Crippen LogP contribution in [-0.4, -0.2) is 44.2 Å². The van der Waals surface area contributed by atoms with E-state index in [-0.39, 0.29) is 11.4 Å². The largest absolute Gasteiger partial charge is 0.397 e. The van der Waals surface area contributed by atoms with E-state index >= 15 is 0 Å². The average Bonchev–Trinajstić information content (AvgIpc) is 2.30. The number of methoxy groups -OCH3 is 1. The number of nitrogens with zero attached hydrogens (tertiary/aromatic N) is 1. The zero-order valence-electron chi connectivity index (χ0n) is 12.3. The van der Waals surface area contributed by atoms with Crippen LogP contribution in [0.2, 0.25) is 0 Å². The van der Waals surface area contributed by atoms with Crippen molar-refractivity contribution in [1.29, 1.82) is 0 Å². The van der Waals surface area contributed by atoms with E-state index in [0.717, 1.165) is 5.69 Å². The van der Waals surface area contributed by atoms with E-state index < -0.39 is 0 Å². The number of benzene rings is 1. The molecule has 0 heterocycles. The van der Waals surface area contributed by atoms with Gasteiger partial charge in [0.2, 0.25) is 0 Å². The van der Waals surface area contributed by atoms with Crippen LogP contribution in [0.15, 0.2) is 18.2 Å². The molecule has 0 radical (unpaired) electrons. The summed E-state index contributed by atoms with van der Waals surface area (Å²) < 4.78 is 5.16. The minimum atomic E-state index is -0.261. The van der Waals surface area contributed by atoms with Crippen LogP contribution in [0, 0.1) is 0 Å². The number of nitrogens with one attached hydrogen (secondary N) is 1. The van der Waals surface area contributed by atoms with Gasteiger partial charge in [-0.2, -0.15) is 0 Å². The number of hydrogen-bond donors (Lipinski definition) is 2. The zero-order valence-corrected chi connectivity index (χ0v) is 12.3. The molecule has 0 spiro atoms. The normalized spacial score (nSPS) is 11.2. The van der Waals surface area contributed by atoms with Crippen LogP contribution in [0.3, 0.4) is 0 Å². The van der Waals surface area contributed by atoms with Gasteiger partial charge in [-0.3, -0.25) is 4.79 Å². The molecular weight excluding hydrogens is 242 g/mol. The number of nitrogens with two attached hydrogens (primary N) is 1. The predicted octanol–water partition coefficient (Wildman–Crippen LogP) is 1.81. The van der Waals surface area contributed by atoms with Gasteiger partial charge in [-0.15, -0.1) is 0 Å². The molecular formula is C14H23N3O2. The molecule has 1 aromatic carbocycles. The third-order valence-electron chi connectivity index (χ3n) is 2.68. The maximum Gasteiger partial charge on any atom is 0.253 e. The highest BCUT2D eigenvalue weighted by molar-refractivity contribution is 5.96. The third kappa shape index (κ3) is 4.13. The van der Waals surface area contributed by atoms with Gasteiger partial charge in [-0.05, 0) is 32.0 Å². The first-order valence-electron chi connectivity index (χ1n) is 6.15. The van der Waals surface area contributed by atoms with Gasteiger partial charge in [-0.1, -0.05) is 0 Å². The summed E-state index contributed by atoms with van der Waals surface area (Å²) in [6.45, 7) is 4.56. The van der Waals surface area contributed by atoms with Gasteiger partial charge in [0, 0.05) is 26.8 Å². The highest BCUT2D eigenvalue weighted by Crippen LogP contribution is 2.24. The molecule has 0 aliphatic rings. The fourth-order valence-electron chi connectivity index (χ4n) is 1.82. The second-order valence-corrected chi connectivity index (χ2v) is 5.44. The number of hydrogen-bond acceptors (Lipinski definition) is 4. The zero-order chi connectivity index (χ0) is 14.6. The van der Waals surface area contributed by atoms with Crippen LogP contribution in [-0.2, 0) is 4.74 Å². The topological polar surface area (TPSA) is 67.6 Å². The summed E-state index contributed by atoms with van der Waals surface area (Å²) in [4.78, 5) is 13.5. The van der Waals surface area contributed by atoms with Crippen molar-refractivity contribution in [3.63, 3.8) is 0 Å². The number of carbonyl (C=O) groups excluding carboxylic acids is 1. The van der Waals surface area contributed by atoms with Crippen molar-refractivity contribution in [3.8, 4) is 0 Å². The van der Waals surface area contributed by atoms with Crippen molar-refractivity contribution in [1.82, 2.24) is 4.90 Å². The molecule has 1 amide bonds. The Hall–Kier alpha value is -1.75. The van der Waals surface area contributed by atoms with E-state index in [9.17, 15) is 4.79 Å². The van der Waals surface area contributed by atoms with Gasteiger partial charge in [0.1, 0.15) is 0 Å². The maximum absolute atomic E-state index is 11.9. The molecule has 1 rings (SSSR count). The number of ether oxygens (including phenoxy) is 1. The summed E-state index contributed by atoms with van der Waals surface area (Å²) in [6, 6.07) is 5.24. The van der Waals surface area contributed by atoms with Crippen LogP contribution in [0.5, 0.6) is 0 Å². The number of anilines is 2. The fourth-order valence-corrected chi connectivity index (χ4v) is 1.82. The van der Waals surface area contributed by atoms with Crippen molar-refractivity contribution in [2.45, 2.75) is 19.4 Å². The number of rotatable bonds is 5. The van der Waals surface area contributed by atoms with Crippen molar-refractivity contribution in [2.75, 3.05) is 38.9 Å². The Morgan fingerprint density at radius 3 is 2.58 bits per heavy atom. The Bertz CT molecular complexity index is 456. The van der Waals surface area contributed by atoms with E-state index in [1.54, 1.807) is 39.4 Å². The molecule has 1 aromatic rings. The molecule has 0 aliphatic heterocycles. The predicted molar refractivity (Wildman–Crippen MR) is 78.4 cm³/mol. The fraction of sp³-hybridized carbons (Fsp3) is 0.500. The number of carbonyl (C=O) groups is 1. The maximum atomic E-state index is 11.9. The molecule has 5 nitrogen and oxygen atoms in total. The molecule has 0 bridgehead atoms. The van der Waals surface area contributed by atoms with Crippen molar-refractivity contribution in [2.24, 2.45) is 0 Å². The summed E-state index contributed by atoms with van der Waals surface area (Å²) in [6.07, 6.45) is 0. The lowest BCUT2D eigenvalue weighted by molar-refractivity contribution is 0.0827. The van der Waals surface area contributed by atoms with Crippen LogP contribution in [0.25, 0.3) is 0 Å². The highest BCUT2D eigenvalue weighted by atomic mass is 16.5. The monoisotopic (exact) mass is 265 g/mol. The first-order valence-corrected chi connectivity index (χ1v) is 6.15. The van der Waals surface area contributed by atoms with Crippen LogP contribution >= 0.6 is 0 Å². The first-order chi connectivity index (χ1) is 8.76. The Morgan fingerprint density at radius 2 is 2.05 bits per heavy atom. The van der Waals surface area contributed by atoms with E-state index in [2.05, 4.69) is 5.32 Å². The van der Waals surface area contributed by atoms with E-state index in [4.69, 9.17) is 10.5 Å². The Kier molecular flexibility index (Phi) is 4.78. The molecule has 0 saturated heterocycles. The van der Waals surface area contributed by atoms with Crippen LogP contribution in [0.4, 0.5) is 11.4 Å². The SMILES string of the molecule is COCC(C)(C)Nc1cc(C(=O)N(C)C)ccc1N. The molecule has 0 unspecified atom stereocenters. The molecule has 5 heteroatoms. The molecule has 19 heavy (non-hydrogen) atoms. The molecule has 0 saturated carbocycles. The van der Waals surface area contributed by atoms with Crippen LogP contribution < -0.4 is 11.1 Å². The first kappa shape index (κ1) is 15.3. The third-order valence-corrected chi connectivity index (χ3v) is 2.68. The van der Waals surface area contributed by atoms with Crippen molar-refractivity contribution >= 4 is 17.3 Å². The summed E-state index contributed by atoms with van der Waals surface area (Å²) in [5.41, 5.74) is 7.64. The second kappa shape index (κ2) is 5.93. The quantitative estimate of drug-likeness (QED) is 0.797. The Balaban J connectivity index is 3.01. The standard InChI is InChI=1S/C14H23N3O2/c1-14(2,9-19-5)16-12-8-10(6-7-11(12)15)13(18)17(3)4/h6-8,16H,9,15H2,1-5H3.